The van der Waals surface area contributed by atoms with Crippen LogP contribution in [0.15, 0.2) is 12.3 Å². The van der Waals surface area contributed by atoms with E-state index in [1.807, 2.05) is 33.8 Å². The van der Waals surface area contributed by atoms with E-state index in [0.29, 0.717) is 31.3 Å². The van der Waals surface area contributed by atoms with Crippen molar-refractivity contribution in [3.63, 3.8) is 0 Å². The third-order valence-electron chi connectivity index (χ3n) is 6.70. The molecule has 10 nitrogen and oxygen atoms in total. The number of aryl methyl sites for hydroxylation is 2. The van der Waals surface area contributed by atoms with Crippen molar-refractivity contribution >= 4 is 33.3 Å². The quantitative estimate of drug-likeness (QED) is 0.288. The molecule has 4 rings (SSSR count). The lowest BCUT2D eigenvalue weighted by atomic mass is 9.88. The highest BCUT2D eigenvalue weighted by Gasteiger charge is 2.48. The van der Waals surface area contributed by atoms with E-state index in [-0.39, 0.29) is 6.10 Å². The van der Waals surface area contributed by atoms with E-state index in [2.05, 4.69) is 20.6 Å². The summed E-state index contributed by atoms with van der Waals surface area (Å²) in [5, 5.41) is 39.3. The Morgan fingerprint density at radius 2 is 1.92 bits per heavy atom. The van der Waals surface area contributed by atoms with Crippen LogP contribution in [-0.4, -0.2) is 78.4 Å². The van der Waals surface area contributed by atoms with Gasteiger partial charge in [0.15, 0.2) is 0 Å². The average molecular weight is 517 g/mol. The molecule has 0 aromatic carbocycles. The molecule has 0 bridgehead atoms. The zero-order valence-electron chi connectivity index (χ0n) is 21.6. The van der Waals surface area contributed by atoms with Gasteiger partial charge in [0.1, 0.15) is 22.4 Å². The minimum Gasteiger partial charge on any atom is -0.390 e. The maximum Gasteiger partial charge on any atom is 0.224 e. The summed E-state index contributed by atoms with van der Waals surface area (Å²) in [6, 6.07) is 1.42. The van der Waals surface area contributed by atoms with Crippen molar-refractivity contribution in [1.29, 1.82) is 0 Å². The Labute approximate surface area is 215 Å². The molecular weight excluding hydrogens is 480 g/mol. The van der Waals surface area contributed by atoms with Gasteiger partial charge in [-0.1, -0.05) is 0 Å². The SMILES string of the molecule is CCO[C@H](C)CNc1nc(C)c(-c2nc3c(C)nccc3s2)c(N[C@@H]2C[C@H](C(C)(C)O)[C@@H](O)[C@H]2O)n1. The van der Waals surface area contributed by atoms with Crippen molar-refractivity contribution in [3.8, 4) is 10.6 Å². The first kappa shape index (κ1) is 26.6. The number of anilines is 2. The highest BCUT2D eigenvalue weighted by Crippen LogP contribution is 2.40. The second-order valence-corrected chi connectivity index (χ2v) is 11.0. The first-order chi connectivity index (χ1) is 17.0. The predicted octanol–water partition coefficient (Wildman–Crippen LogP) is 2.90. The van der Waals surface area contributed by atoms with Gasteiger partial charge in [-0.15, -0.1) is 11.3 Å². The molecule has 1 aliphatic carbocycles. The van der Waals surface area contributed by atoms with Crippen LogP contribution < -0.4 is 10.6 Å². The number of thiazole rings is 1. The predicted molar refractivity (Wildman–Crippen MR) is 141 cm³/mol. The van der Waals surface area contributed by atoms with Crippen LogP contribution in [-0.2, 0) is 4.74 Å². The van der Waals surface area contributed by atoms with E-state index in [0.717, 1.165) is 32.2 Å². The van der Waals surface area contributed by atoms with Crippen LogP contribution in [0.2, 0.25) is 0 Å². The van der Waals surface area contributed by atoms with E-state index in [9.17, 15) is 15.3 Å². The number of nitrogens with one attached hydrogen (secondary N) is 2. The van der Waals surface area contributed by atoms with Gasteiger partial charge >= 0.3 is 0 Å². The van der Waals surface area contributed by atoms with Crippen LogP contribution in [0.4, 0.5) is 11.8 Å². The Morgan fingerprint density at radius 1 is 1.17 bits per heavy atom. The summed E-state index contributed by atoms with van der Waals surface area (Å²) in [7, 11) is 0. The van der Waals surface area contributed by atoms with Crippen LogP contribution in [0.1, 0.15) is 45.5 Å². The number of rotatable bonds is 9. The Balaban J connectivity index is 1.73. The van der Waals surface area contributed by atoms with E-state index < -0.39 is 29.8 Å². The molecule has 1 aliphatic rings. The summed E-state index contributed by atoms with van der Waals surface area (Å²) in [5.74, 6) is 0.444. The molecule has 0 unspecified atom stereocenters. The van der Waals surface area contributed by atoms with Gasteiger partial charge in [-0.25, -0.2) is 9.97 Å². The maximum atomic E-state index is 10.8. The van der Waals surface area contributed by atoms with Gasteiger partial charge in [0.05, 0.1) is 45.5 Å². The van der Waals surface area contributed by atoms with Crippen molar-refractivity contribution in [1.82, 2.24) is 19.9 Å². The number of fused-ring (bicyclic) bond motifs is 1. The highest BCUT2D eigenvalue weighted by molar-refractivity contribution is 7.21. The topological polar surface area (TPSA) is 146 Å². The molecule has 1 fully saturated rings. The summed E-state index contributed by atoms with van der Waals surface area (Å²) in [6.07, 6.45) is -0.00664. The van der Waals surface area contributed by atoms with Crippen molar-refractivity contribution < 1.29 is 20.1 Å². The van der Waals surface area contributed by atoms with Gasteiger partial charge in [-0.05, 0) is 54.0 Å². The van der Waals surface area contributed by atoms with E-state index in [1.165, 1.54) is 11.3 Å². The standard InChI is InChI=1S/C25H36N6O4S/c1-7-35-12(2)11-27-24-28-13(3)18(23-30-19-14(4)26-9-8-17(19)36-23)22(31-24)29-16-10-15(25(5,6)34)20(32)21(16)33/h8-9,12,15-16,20-21,32-34H,7,10-11H2,1-6H3,(H2,27,28,29,31)/t12-,15+,16-,20-,21+/m1/s1. The normalized spacial score (nSPS) is 23.2. The Hall–Kier alpha value is -2.44. The van der Waals surface area contributed by atoms with Crippen LogP contribution in [0, 0.1) is 19.8 Å². The van der Waals surface area contributed by atoms with E-state index >= 15 is 0 Å². The summed E-state index contributed by atoms with van der Waals surface area (Å²) in [5.41, 5.74) is 1.98. The molecule has 3 heterocycles. The summed E-state index contributed by atoms with van der Waals surface area (Å²) in [4.78, 5) is 18.6. The molecule has 0 aliphatic heterocycles. The first-order valence-corrected chi connectivity index (χ1v) is 13.1. The van der Waals surface area contributed by atoms with Crippen molar-refractivity contribution in [2.45, 2.75) is 77.9 Å². The van der Waals surface area contributed by atoms with Gasteiger partial charge in [0.2, 0.25) is 5.95 Å². The molecule has 0 amide bonds. The van der Waals surface area contributed by atoms with E-state index in [1.54, 1.807) is 20.0 Å². The summed E-state index contributed by atoms with van der Waals surface area (Å²) >= 11 is 1.52. The number of pyridine rings is 1. The number of nitrogens with zero attached hydrogens (tertiary/aromatic N) is 4. The lowest BCUT2D eigenvalue weighted by Crippen LogP contribution is -2.40. The minimum atomic E-state index is -1.14. The third-order valence-corrected chi connectivity index (χ3v) is 7.74. The summed E-state index contributed by atoms with van der Waals surface area (Å²) < 4.78 is 6.61. The molecule has 0 radical (unpaired) electrons. The molecule has 0 saturated heterocycles. The van der Waals surface area contributed by atoms with Gasteiger partial charge in [-0.3, -0.25) is 4.98 Å². The molecule has 1 saturated carbocycles. The second-order valence-electron chi connectivity index (χ2n) is 9.99. The van der Waals surface area contributed by atoms with Gasteiger partial charge in [0, 0.05) is 25.3 Å². The molecular formula is C25H36N6O4S. The average Bonchev–Trinajstić information content (AvgIpc) is 3.35. The molecule has 5 atom stereocenters. The van der Waals surface area contributed by atoms with Crippen molar-refractivity contribution in [3.05, 3.63) is 23.7 Å². The Kier molecular flexibility index (Phi) is 7.77. The fourth-order valence-corrected chi connectivity index (χ4v) is 5.85. The number of aliphatic hydroxyl groups is 3. The monoisotopic (exact) mass is 516 g/mol. The van der Waals surface area contributed by atoms with Crippen LogP contribution in [0.5, 0.6) is 0 Å². The Bertz CT molecular complexity index is 1210. The van der Waals surface area contributed by atoms with Crippen molar-refractivity contribution in [2.24, 2.45) is 5.92 Å². The van der Waals surface area contributed by atoms with Gasteiger partial charge < -0.3 is 30.7 Å². The third kappa shape index (κ3) is 5.45. The fraction of sp³-hybridized carbons (Fsp3) is 0.600. The largest absolute Gasteiger partial charge is 0.390 e. The van der Waals surface area contributed by atoms with Gasteiger partial charge in [0.25, 0.3) is 0 Å². The maximum absolute atomic E-state index is 10.8. The fourth-order valence-electron chi connectivity index (χ4n) is 4.73. The lowest BCUT2D eigenvalue weighted by molar-refractivity contribution is -0.0601. The van der Waals surface area contributed by atoms with Gasteiger partial charge in [-0.2, -0.15) is 4.98 Å². The number of aromatic nitrogens is 4. The first-order valence-electron chi connectivity index (χ1n) is 12.3. The molecule has 5 N–H and O–H groups in total. The summed E-state index contributed by atoms with van der Waals surface area (Å²) in [6.45, 7) is 12.2. The molecule has 0 spiro atoms. The molecule has 3 aromatic rings. The smallest absolute Gasteiger partial charge is 0.224 e. The number of ether oxygens (including phenoxy) is 1. The van der Waals surface area contributed by atoms with Crippen molar-refractivity contribution in [2.75, 3.05) is 23.8 Å². The molecule has 196 valence electrons. The van der Waals surface area contributed by atoms with E-state index in [4.69, 9.17) is 14.7 Å². The molecule has 11 heteroatoms. The number of hydrogen-bond acceptors (Lipinski definition) is 11. The molecule has 36 heavy (non-hydrogen) atoms. The zero-order chi connectivity index (χ0) is 26.2. The number of hydrogen-bond donors (Lipinski definition) is 5. The lowest BCUT2D eigenvalue weighted by Gasteiger charge is -2.28. The Morgan fingerprint density at radius 3 is 2.56 bits per heavy atom. The van der Waals surface area contributed by atoms with Crippen LogP contribution >= 0.6 is 11.3 Å². The number of aliphatic hydroxyl groups excluding tert-OH is 2. The minimum absolute atomic E-state index is 0.0194. The zero-order valence-corrected chi connectivity index (χ0v) is 22.4. The highest BCUT2D eigenvalue weighted by atomic mass is 32.1. The van der Waals surface area contributed by atoms with Crippen LogP contribution in [0.3, 0.4) is 0 Å². The second kappa shape index (κ2) is 10.5. The van der Waals surface area contributed by atoms with Crippen LogP contribution in [0.25, 0.3) is 20.8 Å². The molecule has 3 aromatic heterocycles.